The topological polar surface area (TPSA) is 80.6 Å². The van der Waals surface area contributed by atoms with E-state index >= 15 is 0 Å². The van der Waals surface area contributed by atoms with Gasteiger partial charge >= 0.3 is 5.88 Å². The van der Waals surface area contributed by atoms with Crippen molar-refractivity contribution >= 4 is 10.1 Å². The van der Waals surface area contributed by atoms with Gasteiger partial charge in [0, 0.05) is 6.07 Å². The van der Waals surface area contributed by atoms with Crippen LogP contribution in [0, 0.1) is 6.92 Å². The molecule has 0 bridgehead atoms. The lowest BCUT2D eigenvalue weighted by Gasteiger charge is -2.05. The van der Waals surface area contributed by atoms with Gasteiger partial charge in [-0.25, -0.2) is 8.42 Å². The van der Waals surface area contributed by atoms with Crippen molar-refractivity contribution in [1.29, 1.82) is 0 Å². The summed E-state index contributed by atoms with van der Waals surface area (Å²) in [6.45, 7) is 4.49. The van der Waals surface area contributed by atoms with E-state index in [-0.39, 0.29) is 4.90 Å². The van der Waals surface area contributed by atoms with Crippen LogP contribution in [0.2, 0.25) is 0 Å². The van der Waals surface area contributed by atoms with Crippen molar-refractivity contribution < 1.29 is 22.7 Å². The van der Waals surface area contributed by atoms with Gasteiger partial charge in [-0.15, -0.1) is 0 Å². The monoisotopic (exact) mass is 295 g/mol. The number of hydrogen-bond donors (Lipinski definition) is 0. The van der Waals surface area contributed by atoms with Crippen LogP contribution in [0.5, 0.6) is 5.88 Å². The van der Waals surface area contributed by atoms with Crippen molar-refractivity contribution in [1.82, 2.24) is 0 Å². The molecule has 0 atom stereocenters. The molecule has 6 heteroatoms. The predicted octanol–water partition coefficient (Wildman–Crippen LogP) is 1.80. The van der Waals surface area contributed by atoms with E-state index < -0.39 is 10.1 Å². The van der Waals surface area contributed by atoms with Crippen LogP contribution in [0.25, 0.3) is 0 Å². The summed E-state index contributed by atoms with van der Waals surface area (Å²) in [5, 5.41) is 0. The second-order valence-electron chi connectivity index (χ2n) is 3.93. The SMILES string of the molecule is CCOc1cccc[nH+]1.Cc1ccc(S(=O)(=O)[O-])cc1. The fourth-order valence-corrected chi connectivity index (χ4v) is 1.80. The molecular formula is C14H17NO4S. The molecule has 0 unspecified atom stereocenters. The second kappa shape index (κ2) is 7.62. The van der Waals surface area contributed by atoms with Gasteiger partial charge < -0.3 is 9.29 Å². The van der Waals surface area contributed by atoms with E-state index in [0.717, 1.165) is 11.4 Å². The molecule has 1 aromatic carbocycles. The number of benzene rings is 1. The van der Waals surface area contributed by atoms with Crippen molar-refractivity contribution in [2.24, 2.45) is 0 Å². The van der Waals surface area contributed by atoms with Gasteiger partial charge in [-0.2, -0.15) is 4.98 Å². The number of aromatic nitrogens is 1. The van der Waals surface area contributed by atoms with Crippen molar-refractivity contribution in [3.8, 4) is 5.88 Å². The maximum Gasteiger partial charge on any atom is 0.366 e. The first-order chi connectivity index (χ1) is 9.43. The Morgan fingerprint density at radius 2 is 1.80 bits per heavy atom. The Bertz CT molecular complexity index is 609. The molecule has 0 saturated carbocycles. The standard InChI is InChI=1S/C7H9NO.C7H8O3S/c1-2-9-7-5-3-4-6-8-7;1-6-2-4-7(5-3-6)11(8,9)10/h3-6H,2H2,1H3;2-5H,1H3,(H,8,9,10). The average molecular weight is 295 g/mol. The molecule has 0 saturated heterocycles. The molecule has 0 fully saturated rings. The molecule has 0 radical (unpaired) electrons. The van der Waals surface area contributed by atoms with Crippen molar-refractivity contribution in [3.63, 3.8) is 0 Å². The number of nitrogens with one attached hydrogen (secondary N) is 1. The van der Waals surface area contributed by atoms with E-state index in [1.807, 2.05) is 38.2 Å². The van der Waals surface area contributed by atoms with E-state index in [4.69, 9.17) is 4.74 Å². The summed E-state index contributed by atoms with van der Waals surface area (Å²) in [6, 6.07) is 11.5. The molecule has 2 rings (SSSR count). The highest BCUT2D eigenvalue weighted by atomic mass is 32.2. The first kappa shape index (κ1) is 16.1. The van der Waals surface area contributed by atoms with Crippen molar-refractivity contribution in [2.45, 2.75) is 18.7 Å². The van der Waals surface area contributed by atoms with Crippen LogP contribution in [0.4, 0.5) is 0 Å². The number of H-pyrrole nitrogens is 1. The molecule has 108 valence electrons. The van der Waals surface area contributed by atoms with Crippen molar-refractivity contribution in [3.05, 3.63) is 54.2 Å². The van der Waals surface area contributed by atoms with Crippen LogP contribution in [-0.4, -0.2) is 19.6 Å². The molecule has 0 amide bonds. The number of aromatic amines is 1. The second-order valence-corrected chi connectivity index (χ2v) is 5.31. The van der Waals surface area contributed by atoms with Gasteiger partial charge in [0.05, 0.1) is 17.6 Å². The van der Waals surface area contributed by atoms with Gasteiger partial charge in [-0.05, 0) is 32.0 Å². The highest BCUT2D eigenvalue weighted by molar-refractivity contribution is 7.85. The lowest BCUT2D eigenvalue weighted by Crippen LogP contribution is -2.07. The highest BCUT2D eigenvalue weighted by Crippen LogP contribution is 2.08. The normalized spacial score (nSPS) is 10.3. The van der Waals surface area contributed by atoms with Crippen LogP contribution in [0.3, 0.4) is 0 Å². The smallest absolute Gasteiger partial charge is 0.366 e. The zero-order chi connectivity index (χ0) is 15.0. The summed E-state index contributed by atoms with van der Waals surface area (Å²) >= 11 is 0. The molecule has 0 aliphatic rings. The summed E-state index contributed by atoms with van der Waals surface area (Å²) in [5.74, 6) is 0.819. The lowest BCUT2D eigenvalue weighted by molar-refractivity contribution is -0.394. The molecule has 2 aromatic rings. The van der Waals surface area contributed by atoms with Crippen LogP contribution in [-0.2, 0) is 10.1 Å². The Kier molecular flexibility index (Phi) is 6.14. The molecule has 0 aliphatic heterocycles. The minimum atomic E-state index is -4.27. The third-order valence-electron chi connectivity index (χ3n) is 2.29. The molecule has 1 heterocycles. The molecular weight excluding hydrogens is 278 g/mol. The number of ether oxygens (including phenoxy) is 1. The fraction of sp³-hybridized carbons (Fsp3) is 0.214. The van der Waals surface area contributed by atoms with E-state index in [1.54, 1.807) is 12.1 Å². The van der Waals surface area contributed by atoms with Crippen LogP contribution >= 0.6 is 0 Å². The number of rotatable bonds is 3. The van der Waals surface area contributed by atoms with Crippen LogP contribution in [0.1, 0.15) is 12.5 Å². The minimum Gasteiger partial charge on any atom is -0.744 e. The Morgan fingerprint density at radius 1 is 1.15 bits per heavy atom. The largest absolute Gasteiger partial charge is 0.744 e. The Hall–Kier alpha value is -1.92. The zero-order valence-corrected chi connectivity index (χ0v) is 12.2. The third kappa shape index (κ3) is 5.81. The van der Waals surface area contributed by atoms with Gasteiger partial charge in [-0.1, -0.05) is 17.7 Å². The average Bonchev–Trinajstić information content (AvgIpc) is 2.40. The summed E-state index contributed by atoms with van der Waals surface area (Å²) in [4.78, 5) is 2.77. The number of pyridine rings is 1. The van der Waals surface area contributed by atoms with Gasteiger partial charge in [0.25, 0.3) is 0 Å². The quantitative estimate of drug-likeness (QED) is 0.809. The molecule has 1 aromatic heterocycles. The molecule has 20 heavy (non-hydrogen) atoms. The first-order valence-electron chi connectivity index (χ1n) is 6.05. The Labute approximate surface area is 119 Å². The summed E-state index contributed by atoms with van der Waals surface area (Å²) in [6.07, 6.45) is 1.84. The Balaban J connectivity index is 0.000000204. The minimum absolute atomic E-state index is 0.178. The summed E-state index contributed by atoms with van der Waals surface area (Å²) in [5.41, 5.74) is 0.928. The van der Waals surface area contributed by atoms with Gasteiger partial charge in [-0.3, -0.25) is 0 Å². The Morgan fingerprint density at radius 3 is 2.25 bits per heavy atom. The van der Waals surface area contributed by atoms with Crippen LogP contribution < -0.4 is 9.72 Å². The van der Waals surface area contributed by atoms with E-state index in [1.165, 1.54) is 12.1 Å². The van der Waals surface area contributed by atoms with Crippen molar-refractivity contribution in [2.75, 3.05) is 6.61 Å². The lowest BCUT2D eigenvalue weighted by atomic mass is 10.2. The third-order valence-corrected chi connectivity index (χ3v) is 3.14. The molecule has 0 spiro atoms. The summed E-state index contributed by atoms with van der Waals surface area (Å²) in [7, 11) is -4.27. The van der Waals surface area contributed by atoms with Gasteiger partial charge in [0.1, 0.15) is 10.1 Å². The van der Waals surface area contributed by atoms with E-state index in [0.29, 0.717) is 6.61 Å². The predicted molar refractivity (Wildman–Crippen MR) is 73.3 cm³/mol. The molecule has 5 nitrogen and oxygen atoms in total. The first-order valence-corrected chi connectivity index (χ1v) is 7.46. The van der Waals surface area contributed by atoms with Gasteiger partial charge in [0.15, 0.2) is 6.20 Å². The van der Waals surface area contributed by atoms with Gasteiger partial charge in [0.2, 0.25) is 0 Å². The molecule has 0 aliphatic carbocycles. The zero-order valence-electron chi connectivity index (χ0n) is 11.4. The van der Waals surface area contributed by atoms with E-state index in [2.05, 4.69) is 4.98 Å². The highest BCUT2D eigenvalue weighted by Gasteiger charge is 1.97. The molecule has 1 N–H and O–H groups in total. The maximum atomic E-state index is 10.4. The number of hydrogen-bond acceptors (Lipinski definition) is 4. The fourth-order valence-electron chi connectivity index (χ4n) is 1.33. The maximum absolute atomic E-state index is 10.4. The van der Waals surface area contributed by atoms with E-state index in [9.17, 15) is 13.0 Å². The summed E-state index contributed by atoms with van der Waals surface area (Å²) < 4.78 is 36.3. The number of aryl methyl sites for hydroxylation is 1. The van der Waals surface area contributed by atoms with Crippen LogP contribution in [0.15, 0.2) is 53.6 Å².